The first kappa shape index (κ1) is 11.2. The van der Waals surface area contributed by atoms with Crippen LogP contribution in [0.15, 0.2) is 30.7 Å². The van der Waals surface area contributed by atoms with Crippen LogP contribution in [0, 0.1) is 5.82 Å². The lowest BCUT2D eigenvalue weighted by Crippen LogP contribution is -2.13. The summed E-state index contributed by atoms with van der Waals surface area (Å²) in [5.74, 6) is 4.85. The number of nitrogens with two attached hydrogens (primary N) is 1. The topological polar surface area (TPSA) is 88.8 Å². The van der Waals surface area contributed by atoms with E-state index in [-0.39, 0.29) is 11.8 Å². The molecule has 2 heterocycles. The van der Waals surface area contributed by atoms with E-state index in [2.05, 4.69) is 25.7 Å². The average Bonchev–Trinajstić information content (AvgIpc) is 2.39. The zero-order valence-electron chi connectivity index (χ0n) is 8.89. The van der Waals surface area contributed by atoms with Crippen molar-refractivity contribution in [1.29, 1.82) is 0 Å². The molecule has 0 aromatic carbocycles. The van der Waals surface area contributed by atoms with Gasteiger partial charge < -0.3 is 5.32 Å². The van der Waals surface area contributed by atoms with Crippen molar-refractivity contribution >= 4 is 11.8 Å². The van der Waals surface area contributed by atoms with E-state index in [0.717, 1.165) is 11.8 Å². The third-order valence-corrected chi connectivity index (χ3v) is 2.06. The summed E-state index contributed by atoms with van der Waals surface area (Å²) in [6.07, 6.45) is 4.41. The highest BCUT2D eigenvalue weighted by Gasteiger charge is 2.05. The number of nitrogen functional groups attached to an aromatic ring is 1. The molecule has 0 saturated carbocycles. The first-order valence-corrected chi connectivity index (χ1v) is 4.91. The standard InChI is InChI=1S/C10H11FN6/c11-8-6-15-10(17-12)16-9(8)14-5-7-2-1-3-13-4-7/h1-4,6H,5,12H2,(H2,14,15,16,17). The van der Waals surface area contributed by atoms with Crippen LogP contribution in [0.25, 0.3) is 0 Å². The Morgan fingerprint density at radius 3 is 2.94 bits per heavy atom. The van der Waals surface area contributed by atoms with Gasteiger partial charge in [-0.1, -0.05) is 6.07 Å². The number of halogens is 1. The van der Waals surface area contributed by atoms with Crippen molar-refractivity contribution in [2.45, 2.75) is 6.54 Å². The quantitative estimate of drug-likeness (QED) is 0.538. The van der Waals surface area contributed by atoms with Gasteiger partial charge in [-0.05, 0) is 11.6 Å². The van der Waals surface area contributed by atoms with Crippen LogP contribution >= 0.6 is 0 Å². The number of hydrogen-bond acceptors (Lipinski definition) is 6. The van der Waals surface area contributed by atoms with Gasteiger partial charge >= 0.3 is 0 Å². The predicted octanol–water partition coefficient (Wildman–Crippen LogP) is 0.908. The van der Waals surface area contributed by atoms with E-state index in [9.17, 15) is 4.39 Å². The van der Waals surface area contributed by atoms with Gasteiger partial charge in [-0.3, -0.25) is 10.4 Å². The lowest BCUT2D eigenvalue weighted by molar-refractivity contribution is 0.617. The molecular weight excluding hydrogens is 223 g/mol. The summed E-state index contributed by atoms with van der Waals surface area (Å²) in [7, 11) is 0. The normalized spacial score (nSPS) is 10.0. The van der Waals surface area contributed by atoms with Gasteiger partial charge in [0.15, 0.2) is 11.6 Å². The van der Waals surface area contributed by atoms with Crippen LogP contribution in [0.3, 0.4) is 0 Å². The number of hydrazine groups is 1. The number of pyridine rings is 1. The Morgan fingerprint density at radius 2 is 2.24 bits per heavy atom. The zero-order valence-corrected chi connectivity index (χ0v) is 8.89. The van der Waals surface area contributed by atoms with Gasteiger partial charge in [0.05, 0.1) is 6.20 Å². The Kier molecular flexibility index (Phi) is 3.41. The highest BCUT2D eigenvalue weighted by atomic mass is 19.1. The van der Waals surface area contributed by atoms with Gasteiger partial charge in [0.2, 0.25) is 5.95 Å². The van der Waals surface area contributed by atoms with Gasteiger partial charge in [-0.15, -0.1) is 0 Å². The lowest BCUT2D eigenvalue weighted by atomic mass is 10.3. The number of nitrogens with one attached hydrogen (secondary N) is 2. The number of aromatic nitrogens is 3. The summed E-state index contributed by atoms with van der Waals surface area (Å²) in [5.41, 5.74) is 3.18. The third kappa shape index (κ3) is 2.85. The molecule has 0 amide bonds. The SMILES string of the molecule is NNc1ncc(F)c(NCc2cccnc2)n1. The molecule has 0 unspecified atom stereocenters. The number of nitrogens with zero attached hydrogens (tertiary/aromatic N) is 3. The molecule has 0 aliphatic rings. The molecular formula is C10H11FN6. The Hall–Kier alpha value is -2.28. The van der Waals surface area contributed by atoms with Gasteiger partial charge in [0.1, 0.15) is 0 Å². The molecule has 2 aromatic heterocycles. The van der Waals surface area contributed by atoms with Crippen molar-refractivity contribution in [1.82, 2.24) is 15.0 Å². The Morgan fingerprint density at radius 1 is 1.35 bits per heavy atom. The maximum atomic E-state index is 13.3. The summed E-state index contributed by atoms with van der Waals surface area (Å²) in [5, 5.41) is 2.84. The maximum absolute atomic E-state index is 13.3. The van der Waals surface area contributed by atoms with Gasteiger partial charge in [-0.25, -0.2) is 15.2 Å². The van der Waals surface area contributed by atoms with Gasteiger partial charge in [0, 0.05) is 18.9 Å². The number of rotatable bonds is 4. The summed E-state index contributed by atoms with van der Waals surface area (Å²) in [4.78, 5) is 11.4. The van der Waals surface area contributed by atoms with Gasteiger partial charge in [0.25, 0.3) is 0 Å². The maximum Gasteiger partial charge on any atom is 0.239 e. The largest absolute Gasteiger partial charge is 0.363 e. The van der Waals surface area contributed by atoms with Crippen LogP contribution in [-0.4, -0.2) is 15.0 Å². The summed E-state index contributed by atoms with van der Waals surface area (Å²) in [6.45, 7) is 0.422. The van der Waals surface area contributed by atoms with Crippen LogP contribution in [0.1, 0.15) is 5.56 Å². The highest BCUT2D eigenvalue weighted by Crippen LogP contribution is 2.12. The predicted molar refractivity (Wildman–Crippen MR) is 61.4 cm³/mol. The molecule has 0 aliphatic carbocycles. The minimum absolute atomic E-state index is 0.0943. The number of hydrogen-bond donors (Lipinski definition) is 3. The minimum Gasteiger partial charge on any atom is -0.363 e. The summed E-state index contributed by atoms with van der Waals surface area (Å²) in [6, 6.07) is 3.68. The molecule has 4 N–H and O–H groups in total. The van der Waals surface area contributed by atoms with E-state index in [0.29, 0.717) is 6.54 Å². The van der Waals surface area contributed by atoms with Crippen molar-refractivity contribution < 1.29 is 4.39 Å². The molecule has 0 saturated heterocycles. The van der Waals surface area contributed by atoms with Crippen molar-refractivity contribution in [3.05, 3.63) is 42.1 Å². The zero-order chi connectivity index (χ0) is 12.1. The van der Waals surface area contributed by atoms with Crippen molar-refractivity contribution in [2.24, 2.45) is 5.84 Å². The fourth-order valence-electron chi connectivity index (χ4n) is 1.25. The van der Waals surface area contributed by atoms with E-state index in [1.165, 1.54) is 0 Å². The van der Waals surface area contributed by atoms with Crippen LogP contribution in [0.5, 0.6) is 0 Å². The molecule has 0 atom stereocenters. The summed E-state index contributed by atoms with van der Waals surface area (Å²) >= 11 is 0. The molecule has 7 heteroatoms. The monoisotopic (exact) mass is 234 g/mol. The third-order valence-electron chi connectivity index (χ3n) is 2.06. The van der Waals surface area contributed by atoms with E-state index in [1.54, 1.807) is 18.5 Å². The molecule has 0 aliphatic heterocycles. The average molecular weight is 234 g/mol. The Balaban J connectivity index is 2.08. The van der Waals surface area contributed by atoms with Crippen molar-refractivity contribution in [3.63, 3.8) is 0 Å². The first-order chi connectivity index (χ1) is 8.29. The molecule has 88 valence electrons. The van der Waals surface area contributed by atoms with Crippen molar-refractivity contribution in [2.75, 3.05) is 10.7 Å². The van der Waals surface area contributed by atoms with Crippen LogP contribution in [0.2, 0.25) is 0 Å². The second-order valence-corrected chi connectivity index (χ2v) is 3.25. The molecule has 2 rings (SSSR count). The minimum atomic E-state index is -0.534. The van der Waals surface area contributed by atoms with E-state index >= 15 is 0 Å². The fraction of sp³-hybridized carbons (Fsp3) is 0.100. The van der Waals surface area contributed by atoms with Gasteiger partial charge in [-0.2, -0.15) is 4.98 Å². The molecule has 0 bridgehead atoms. The second-order valence-electron chi connectivity index (χ2n) is 3.25. The van der Waals surface area contributed by atoms with E-state index in [1.807, 2.05) is 6.07 Å². The highest BCUT2D eigenvalue weighted by molar-refractivity contribution is 5.41. The molecule has 2 aromatic rings. The smallest absolute Gasteiger partial charge is 0.239 e. The molecule has 0 fully saturated rings. The van der Waals surface area contributed by atoms with Crippen molar-refractivity contribution in [3.8, 4) is 0 Å². The molecule has 0 spiro atoms. The van der Waals surface area contributed by atoms with E-state index in [4.69, 9.17) is 5.84 Å². The molecule has 6 nitrogen and oxygen atoms in total. The van der Waals surface area contributed by atoms with Crippen LogP contribution in [-0.2, 0) is 6.54 Å². The fourth-order valence-corrected chi connectivity index (χ4v) is 1.25. The van der Waals surface area contributed by atoms with Crippen LogP contribution in [0.4, 0.5) is 16.2 Å². The molecule has 17 heavy (non-hydrogen) atoms. The number of anilines is 2. The second kappa shape index (κ2) is 5.17. The lowest BCUT2D eigenvalue weighted by Gasteiger charge is -2.07. The van der Waals surface area contributed by atoms with Crippen LogP contribution < -0.4 is 16.6 Å². The Bertz CT molecular complexity index is 489. The molecule has 0 radical (unpaired) electrons. The first-order valence-electron chi connectivity index (χ1n) is 4.91. The summed E-state index contributed by atoms with van der Waals surface area (Å²) < 4.78 is 13.3. The van der Waals surface area contributed by atoms with E-state index < -0.39 is 5.82 Å². The Labute approximate surface area is 97.1 Å².